The van der Waals surface area contributed by atoms with Gasteiger partial charge in [0.1, 0.15) is 17.4 Å². The summed E-state index contributed by atoms with van der Waals surface area (Å²) in [6.45, 7) is 0.573. The maximum Gasteiger partial charge on any atom is 0.198 e. The first-order valence-corrected chi connectivity index (χ1v) is 9.35. The number of halogens is 1. The quantitative estimate of drug-likeness (QED) is 0.508. The summed E-state index contributed by atoms with van der Waals surface area (Å²) in [5.41, 5.74) is 7.44. The molecular formula is C19H18FN3O2S. The van der Waals surface area contributed by atoms with E-state index in [9.17, 15) is 9.18 Å². The number of ketones is 1. The molecule has 0 aliphatic heterocycles. The number of aromatic nitrogens is 2. The molecule has 134 valence electrons. The summed E-state index contributed by atoms with van der Waals surface area (Å²) in [5, 5.41) is 4.16. The van der Waals surface area contributed by atoms with Gasteiger partial charge < -0.3 is 10.5 Å². The average Bonchev–Trinajstić information content (AvgIpc) is 3.04. The highest BCUT2D eigenvalue weighted by Crippen LogP contribution is 2.22. The fraction of sp³-hybridized carbons (Fsp3) is 0.158. The van der Waals surface area contributed by atoms with Gasteiger partial charge in [-0.25, -0.2) is 9.07 Å². The summed E-state index contributed by atoms with van der Waals surface area (Å²) in [6, 6.07) is 12.7. The standard InChI is InChI=1S/C19H18FN3O2S/c1-26-10-9-25-16-4-2-3-13(11-16)18(24)17-12-22-23(19(17)21)15-7-5-14(20)6-8-15/h2-8,11-12H,9-10,21H2,1H3. The summed E-state index contributed by atoms with van der Waals surface area (Å²) in [4.78, 5) is 12.8. The molecule has 0 aliphatic carbocycles. The largest absolute Gasteiger partial charge is 0.493 e. The lowest BCUT2D eigenvalue weighted by Crippen LogP contribution is -2.08. The van der Waals surface area contributed by atoms with E-state index in [1.807, 2.05) is 12.3 Å². The van der Waals surface area contributed by atoms with Crippen molar-refractivity contribution < 1.29 is 13.9 Å². The number of nitrogens with two attached hydrogens (primary N) is 1. The van der Waals surface area contributed by atoms with Crippen molar-refractivity contribution in [1.29, 1.82) is 0 Å². The lowest BCUT2D eigenvalue weighted by atomic mass is 10.1. The second-order valence-electron chi connectivity index (χ2n) is 5.53. The second-order valence-corrected chi connectivity index (χ2v) is 6.52. The summed E-state index contributed by atoms with van der Waals surface area (Å²) >= 11 is 1.69. The maximum absolute atomic E-state index is 13.1. The molecule has 0 saturated heterocycles. The molecule has 26 heavy (non-hydrogen) atoms. The Hall–Kier alpha value is -2.80. The Morgan fingerprint density at radius 3 is 2.77 bits per heavy atom. The number of hydrogen-bond donors (Lipinski definition) is 1. The molecule has 5 nitrogen and oxygen atoms in total. The topological polar surface area (TPSA) is 70.1 Å². The first kappa shape index (κ1) is 18.0. The molecule has 0 unspecified atom stereocenters. The number of anilines is 1. The highest BCUT2D eigenvalue weighted by atomic mass is 32.2. The van der Waals surface area contributed by atoms with Crippen LogP contribution in [-0.2, 0) is 0 Å². The van der Waals surface area contributed by atoms with Crippen molar-refractivity contribution in [1.82, 2.24) is 9.78 Å². The predicted molar refractivity (Wildman–Crippen MR) is 102 cm³/mol. The maximum atomic E-state index is 13.1. The SMILES string of the molecule is CSCCOc1cccc(C(=O)c2cnn(-c3ccc(F)cc3)c2N)c1. The molecule has 3 aromatic rings. The van der Waals surface area contributed by atoms with Gasteiger partial charge in [-0.2, -0.15) is 16.9 Å². The number of nitrogen functional groups attached to an aromatic ring is 1. The third kappa shape index (κ3) is 3.88. The molecule has 0 radical (unpaired) electrons. The van der Waals surface area contributed by atoms with Crippen LogP contribution in [0.1, 0.15) is 15.9 Å². The van der Waals surface area contributed by atoms with Gasteiger partial charge in [-0.3, -0.25) is 4.79 Å². The number of rotatable bonds is 7. The lowest BCUT2D eigenvalue weighted by Gasteiger charge is -2.07. The molecule has 1 aromatic heterocycles. The van der Waals surface area contributed by atoms with Crippen molar-refractivity contribution in [3.8, 4) is 11.4 Å². The highest BCUT2D eigenvalue weighted by Gasteiger charge is 2.18. The van der Waals surface area contributed by atoms with Gasteiger partial charge >= 0.3 is 0 Å². The molecule has 1 heterocycles. The second kappa shape index (κ2) is 8.05. The van der Waals surface area contributed by atoms with Crippen LogP contribution in [0, 0.1) is 5.82 Å². The molecule has 7 heteroatoms. The zero-order chi connectivity index (χ0) is 18.5. The molecule has 3 rings (SSSR count). The van der Waals surface area contributed by atoms with Crippen molar-refractivity contribution in [2.75, 3.05) is 24.3 Å². The lowest BCUT2D eigenvalue weighted by molar-refractivity contribution is 0.103. The van der Waals surface area contributed by atoms with Gasteiger partial charge in [0.25, 0.3) is 0 Å². The van der Waals surface area contributed by atoms with Gasteiger partial charge in [-0.05, 0) is 42.7 Å². The first-order valence-electron chi connectivity index (χ1n) is 7.96. The molecule has 0 spiro atoms. The molecule has 2 N–H and O–H groups in total. The van der Waals surface area contributed by atoms with Crippen molar-refractivity contribution >= 4 is 23.4 Å². The summed E-state index contributed by atoms with van der Waals surface area (Å²) in [5.74, 6) is 1.11. The Morgan fingerprint density at radius 1 is 1.27 bits per heavy atom. The van der Waals surface area contributed by atoms with Crippen LogP contribution in [0.3, 0.4) is 0 Å². The van der Waals surface area contributed by atoms with E-state index < -0.39 is 0 Å². The Labute approximate surface area is 155 Å². The molecule has 0 aliphatic rings. The van der Waals surface area contributed by atoms with Crippen LogP contribution in [0.25, 0.3) is 5.69 Å². The number of benzene rings is 2. The number of carbonyl (C=O) groups is 1. The van der Waals surface area contributed by atoms with E-state index >= 15 is 0 Å². The van der Waals surface area contributed by atoms with Crippen LogP contribution in [0.2, 0.25) is 0 Å². The summed E-state index contributed by atoms with van der Waals surface area (Å²) < 4.78 is 20.1. The normalized spacial score (nSPS) is 10.7. The van der Waals surface area contributed by atoms with Gasteiger partial charge in [0.05, 0.1) is 24.1 Å². The van der Waals surface area contributed by atoms with Gasteiger partial charge in [0.15, 0.2) is 5.78 Å². The van der Waals surface area contributed by atoms with Crippen molar-refractivity contribution in [2.45, 2.75) is 0 Å². The molecule has 0 fully saturated rings. The van der Waals surface area contributed by atoms with E-state index in [1.165, 1.54) is 23.0 Å². The number of nitrogens with zero attached hydrogens (tertiary/aromatic N) is 2. The monoisotopic (exact) mass is 371 g/mol. The third-order valence-corrected chi connectivity index (χ3v) is 4.35. The van der Waals surface area contributed by atoms with E-state index in [4.69, 9.17) is 10.5 Å². The molecule has 0 saturated carbocycles. The van der Waals surface area contributed by atoms with Crippen LogP contribution in [0.5, 0.6) is 5.75 Å². The number of ether oxygens (including phenoxy) is 1. The minimum absolute atomic E-state index is 0.204. The van der Waals surface area contributed by atoms with E-state index in [1.54, 1.807) is 42.1 Å². The number of thioether (sulfide) groups is 1. The summed E-state index contributed by atoms with van der Waals surface area (Å²) in [6.07, 6.45) is 3.42. The molecular weight excluding hydrogens is 353 g/mol. The van der Waals surface area contributed by atoms with E-state index in [-0.39, 0.29) is 23.0 Å². The van der Waals surface area contributed by atoms with Gasteiger partial charge in [0.2, 0.25) is 0 Å². The molecule has 0 amide bonds. The first-order chi connectivity index (χ1) is 12.6. The van der Waals surface area contributed by atoms with E-state index in [0.717, 1.165) is 5.75 Å². The van der Waals surface area contributed by atoms with Crippen molar-refractivity contribution in [3.63, 3.8) is 0 Å². The smallest absolute Gasteiger partial charge is 0.198 e. The number of carbonyl (C=O) groups excluding carboxylic acids is 1. The average molecular weight is 371 g/mol. The number of hydrogen-bond acceptors (Lipinski definition) is 5. The van der Waals surface area contributed by atoms with E-state index in [2.05, 4.69) is 5.10 Å². The van der Waals surface area contributed by atoms with Crippen LogP contribution in [0.15, 0.2) is 54.7 Å². The van der Waals surface area contributed by atoms with Gasteiger partial charge in [0, 0.05) is 11.3 Å². The third-order valence-electron chi connectivity index (χ3n) is 3.77. The van der Waals surface area contributed by atoms with Crippen LogP contribution in [0.4, 0.5) is 10.2 Å². The van der Waals surface area contributed by atoms with E-state index in [0.29, 0.717) is 23.6 Å². The molecule has 0 atom stereocenters. The minimum Gasteiger partial charge on any atom is -0.493 e. The summed E-state index contributed by atoms with van der Waals surface area (Å²) in [7, 11) is 0. The Balaban J connectivity index is 1.84. The van der Waals surface area contributed by atoms with Gasteiger partial charge in [-0.1, -0.05) is 12.1 Å². The zero-order valence-electron chi connectivity index (χ0n) is 14.2. The molecule has 0 bridgehead atoms. The Bertz CT molecular complexity index is 909. The molecule has 2 aromatic carbocycles. The predicted octanol–water partition coefficient (Wildman–Crippen LogP) is 3.57. The fourth-order valence-corrected chi connectivity index (χ4v) is 2.70. The Kier molecular flexibility index (Phi) is 5.58. The van der Waals surface area contributed by atoms with Crippen LogP contribution < -0.4 is 10.5 Å². The van der Waals surface area contributed by atoms with Crippen molar-refractivity contribution in [2.24, 2.45) is 0 Å². The fourth-order valence-electron chi connectivity index (χ4n) is 2.45. The highest BCUT2D eigenvalue weighted by molar-refractivity contribution is 7.98. The Morgan fingerprint density at radius 2 is 2.04 bits per heavy atom. The van der Waals surface area contributed by atoms with Gasteiger partial charge in [-0.15, -0.1) is 0 Å². The van der Waals surface area contributed by atoms with Crippen LogP contribution in [-0.4, -0.2) is 34.2 Å². The van der Waals surface area contributed by atoms with Crippen molar-refractivity contribution in [3.05, 3.63) is 71.7 Å². The zero-order valence-corrected chi connectivity index (χ0v) is 15.0. The minimum atomic E-state index is -0.353. The van der Waals surface area contributed by atoms with Crippen LogP contribution >= 0.6 is 11.8 Å².